The van der Waals surface area contributed by atoms with E-state index in [-0.39, 0.29) is 29.2 Å². The first kappa shape index (κ1) is 22.4. The zero-order valence-electron chi connectivity index (χ0n) is 16.2. The zero-order valence-corrected chi connectivity index (χ0v) is 16.2. The maximum atomic E-state index is 13.1. The van der Waals surface area contributed by atoms with Crippen molar-refractivity contribution < 1.29 is 31.1 Å². The summed E-state index contributed by atoms with van der Waals surface area (Å²) in [5.74, 6) is 0.189. The molecular weight excluding hydrogens is 406 g/mol. The topological polar surface area (TPSA) is 17.1 Å². The largest absolute Gasteiger partial charge is 0.416 e. The van der Waals surface area contributed by atoms with Gasteiger partial charge in [-0.15, -0.1) is 0 Å². The highest BCUT2D eigenvalue weighted by atomic mass is 19.4. The van der Waals surface area contributed by atoms with Gasteiger partial charge in [0.1, 0.15) is 5.78 Å². The molecule has 0 radical (unpaired) electrons. The van der Waals surface area contributed by atoms with Crippen molar-refractivity contribution in [1.29, 1.82) is 0 Å². The van der Waals surface area contributed by atoms with Crippen molar-refractivity contribution in [3.05, 3.63) is 70.8 Å². The van der Waals surface area contributed by atoms with E-state index in [0.717, 1.165) is 17.7 Å². The number of hydrogen-bond acceptors (Lipinski definition) is 1. The Morgan fingerprint density at radius 2 is 1.33 bits per heavy atom. The van der Waals surface area contributed by atoms with Crippen molar-refractivity contribution in [3.8, 4) is 0 Å². The first-order chi connectivity index (χ1) is 14.0. The minimum atomic E-state index is -4.84. The second kappa shape index (κ2) is 8.44. The van der Waals surface area contributed by atoms with E-state index in [9.17, 15) is 31.1 Å². The lowest BCUT2D eigenvalue weighted by atomic mass is 9.66. The fourth-order valence-electron chi connectivity index (χ4n) is 4.28. The molecule has 0 unspecified atom stereocenters. The normalized spacial score (nSPS) is 17.2. The van der Waals surface area contributed by atoms with Crippen LogP contribution in [0.5, 0.6) is 0 Å². The summed E-state index contributed by atoms with van der Waals surface area (Å²) in [4.78, 5) is 11.7. The molecule has 3 rings (SSSR count). The highest BCUT2D eigenvalue weighted by Crippen LogP contribution is 2.43. The third-order valence-electron chi connectivity index (χ3n) is 5.92. The third-order valence-corrected chi connectivity index (χ3v) is 5.92. The predicted octanol–water partition coefficient (Wildman–Crippen LogP) is 7.13. The van der Waals surface area contributed by atoms with Crippen LogP contribution in [0.25, 0.3) is 0 Å². The quantitative estimate of drug-likeness (QED) is 0.463. The fraction of sp³-hybridized carbons (Fsp3) is 0.435. The van der Waals surface area contributed by atoms with Crippen LogP contribution >= 0.6 is 0 Å². The molecule has 30 heavy (non-hydrogen) atoms. The number of aryl methyl sites for hydroxylation is 1. The molecule has 1 fully saturated rings. The second-order valence-electron chi connectivity index (χ2n) is 7.95. The molecule has 2 aromatic rings. The van der Waals surface area contributed by atoms with Crippen LogP contribution in [0.3, 0.4) is 0 Å². The van der Waals surface area contributed by atoms with E-state index in [4.69, 9.17) is 0 Å². The van der Waals surface area contributed by atoms with Crippen LogP contribution in [0.4, 0.5) is 26.3 Å². The zero-order chi connectivity index (χ0) is 22.0. The Labute approximate surface area is 171 Å². The lowest BCUT2D eigenvalue weighted by Gasteiger charge is -2.37. The van der Waals surface area contributed by atoms with Gasteiger partial charge in [-0.25, -0.2) is 0 Å². The number of carbonyl (C=O) groups is 1. The molecule has 0 bridgehead atoms. The van der Waals surface area contributed by atoms with Crippen molar-refractivity contribution in [2.75, 3.05) is 0 Å². The summed E-state index contributed by atoms with van der Waals surface area (Å²) in [6.45, 7) is 0. The van der Waals surface area contributed by atoms with Gasteiger partial charge in [-0.2, -0.15) is 26.3 Å². The molecule has 7 heteroatoms. The molecule has 2 aromatic carbocycles. The van der Waals surface area contributed by atoms with E-state index in [1.54, 1.807) is 0 Å². The summed E-state index contributed by atoms with van der Waals surface area (Å²) in [7, 11) is 0. The molecule has 1 aliphatic rings. The molecule has 0 saturated heterocycles. The van der Waals surface area contributed by atoms with Crippen LogP contribution in [-0.4, -0.2) is 5.78 Å². The van der Waals surface area contributed by atoms with Crippen molar-refractivity contribution >= 4 is 5.78 Å². The molecule has 162 valence electrons. The summed E-state index contributed by atoms with van der Waals surface area (Å²) in [5.41, 5.74) is -1.75. The minimum Gasteiger partial charge on any atom is -0.300 e. The SMILES string of the molecule is O=C1CCC(CCCc2cc(C(F)(F)F)cc(C(F)(F)F)c2)(c2ccccc2)CC1. The van der Waals surface area contributed by atoms with E-state index in [2.05, 4.69) is 0 Å². The average molecular weight is 428 g/mol. The van der Waals surface area contributed by atoms with Gasteiger partial charge in [0, 0.05) is 12.8 Å². The first-order valence-electron chi connectivity index (χ1n) is 9.85. The van der Waals surface area contributed by atoms with Gasteiger partial charge in [0.25, 0.3) is 0 Å². The predicted molar refractivity (Wildman–Crippen MR) is 101 cm³/mol. The Balaban J connectivity index is 1.81. The molecule has 1 aliphatic carbocycles. The van der Waals surface area contributed by atoms with Gasteiger partial charge in [-0.3, -0.25) is 4.79 Å². The van der Waals surface area contributed by atoms with Crippen LogP contribution in [0.15, 0.2) is 48.5 Å². The number of Topliss-reactive ketones (excluding diaryl/α,β-unsaturated/α-hetero) is 1. The van der Waals surface area contributed by atoms with Gasteiger partial charge in [0.05, 0.1) is 11.1 Å². The number of ketones is 1. The molecule has 1 nitrogen and oxygen atoms in total. The maximum Gasteiger partial charge on any atom is 0.416 e. The van der Waals surface area contributed by atoms with Crippen molar-refractivity contribution in [2.24, 2.45) is 0 Å². The highest BCUT2D eigenvalue weighted by Gasteiger charge is 2.38. The van der Waals surface area contributed by atoms with E-state index >= 15 is 0 Å². The number of halogens is 6. The Hall–Kier alpha value is -2.31. The van der Waals surface area contributed by atoms with E-state index < -0.39 is 23.5 Å². The van der Waals surface area contributed by atoms with Gasteiger partial charge >= 0.3 is 12.4 Å². The highest BCUT2D eigenvalue weighted by molar-refractivity contribution is 5.79. The van der Waals surface area contributed by atoms with Gasteiger partial charge in [-0.1, -0.05) is 30.3 Å². The molecule has 0 aromatic heterocycles. The maximum absolute atomic E-state index is 13.1. The smallest absolute Gasteiger partial charge is 0.300 e. The van der Waals surface area contributed by atoms with Crippen LogP contribution in [0, 0.1) is 0 Å². The van der Waals surface area contributed by atoms with E-state index in [1.807, 2.05) is 30.3 Å². The Morgan fingerprint density at radius 1 is 0.800 bits per heavy atom. The van der Waals surface area contributed by atoms with Crippen molar-refractivity contribution in [2.45, 2.75) is 62.7 Å². The van der Waals surface area contributed by atoms with Crippen LogP contribution in [0.2, 0.25) is 0 Å². The summed E-state index contributed by atoms with van der Waals surface area (Å²) in [5, 5.41) is 0. The number of rotatable bonds is 5. The van der Waals surface area contributed by atoms with Crippen LogP contribution < -0.4 is 0 Å². The number of carbonyl (C=O) groups excluding carboxylic acids is 1. The van der Waals surface area contributed by atoms with Gasteiger partial charge in [-0.05, 0) is 66.8 Å². The molecule has 0 spiro atoms. The lowest BCUT2D eigenvalue weighted by molar-refractivity contribution is -0.143. The summed E-state index contributed by atoms with van der Waals surface area (Å²) in [6, 6.07) is 11.4. The summed E-state index contributed by atoms with van der Waals surface area (Å²) >= 11 is 0. The monoisotopic (exact) mass is 428 g/mol. The number of alkyl halides is 6. The second-order valence-corrected chi connectivity index (χ2v) is 7.95. The Kier molecular flexibility index (Phi) is 6.29. The van der Waals surface area contributed by atoms with Crippen molar-refractivity contribution in [3.63, 3.8) is 0 Å². The van der Waals surface area contributed by atoms with Crippen LogP contribution in [0.1, 0.15) is 60.8 Å². The first-order valence-corrected chi connectivity index (χ1v) is 9.85. The average Bonchev–Trinajstić information content (AvgIpc) is 2.69. The molecule has 0 amide bonds. The third kappa shape index (κ3) is 5.24. The number of hydrogen-bond donors (Lipinski definition) is 0. The van der Waals surface area contributed by atoms with Gasteiger partial charge in [0.15, 0.2) is 0 Å². The summed E-state index contributed by atoms with van der Waals surface area (Å²) in [6.07, 6.45) is -6.37. The van der Waals surface area contributed by atoms with Gasteiger partial charge in [0.2, 0.25) is 0 Å². The fourth-order valence-corrected chi connectivity index (χ4v) is 4.28. The molecule has 0 atom stereocenters. The summed E-state index contributed by atoms with van der Waals surface area (Å²) < 4.78 is 78.4. The molecule has 0 aliphatic heterocycles. The Bertz CT molecular complexity index is 841. The minimum absolute atomic E-state index is 0.0206. The standard InChI is InChI=1S/C23H22F6O/c24-22(25,26)18-13-16(14-19(15-18)23(27,28)29)5-4-10-21(11-8-20(30)9-12-21)17-6-2-1-3-7-17/h1-3,6-7,13-15H,4-5,8-12H2. The molecule has 0 heterocycles. The van der Waals surface area contributed by atoms with E-state index in [0.29, 0.717) is 38.5 Å². The Morgan fingerprint density at radius 3 is 1.83 bits per heavy atom. The van der Waals surface area contributed by atoms with E-state index in [1.165, 1.54) is 0 Å². The molecule has 1 saturated carbocycles. The lowest BCUT2D eigenvalue weighted by Crippen LogP contribution is -2.32. The van der Waals surface area contributed by atoms with Crippen LogP contribution in [-0.2, 0) is 29.0 Å². The molecule has 0 N–H and O–H groups in total. The van der Waals surface area contributed by atoms with Gasteiger partial charge < -0.3 is 0 Å². The molecular formula is C23H22F6O. The van der Waals surface area contributed by atoms with Crippen molar-refractivity contribution in [1.82, 2.24) is 0 Å². The number of benzene rings is 2.